The number of hydrogen-bond donors (Lipinski definition) is 2. The molecular weight excluding hydrogens is 328 g/mol. The van der Waals surface area contributed by atoms with Crippen molar-refractivity contribution in [2.75, 3.05) is 5.43 Å². The number of carbonyl (C=O) groups is 2. The van der Waals surface area contributed by atoms with E-state index in [1.54, 1.807) is 30.3 Å². The molecule has 1 aliphatic carbocycles. The predicted octanol–water partition coefficient (Wildman–Crippen LogP) is 5.01. The van der Waals surface area contributed by atoms with Crippen LogP contribution in [-0.2, 0) is 0 Å². The molecule has 26 heavy (non-hydrogen) atoms. The third kappa shape index (κ3) is 6.51. The van der Waals surface area contributed by atoms with Crippen LogP contribution in [0.4, 0.5) is 5.69 Å². The van der Waals surface area contributed by atoms with Gasteiger partial charge < -0.3 is 5.11 Å². The Kier molecular flexibility index (Phi) is 8.06. The van der Waals surface area contributed by atoms with Gasteiger partial charge in [0.2, 0.25) is 0 Å². The molecule has 1 saturated carbocycles. The number of anilines is 1. The number of hydrogen-bond acceptors (Lipinski definition) is 4. The largest absolute Gasteiger partial charge is 0.478 e. The Balaban J connectivity index is 0.000000254. The number of nitrogens with zero attached hydrogens (tertiary/aromatic N) is 1. The van der Waals surface area contributed by atoms with Crippen LogP contribution in [0.1, 0.15) is 59.2 Å². The van der Waals surface area contributed by atoms with Crippen molar-refractivity contribution in [3.8, 4) is 0 Å². The van der Waals surface area contributed by atoms with Gasteiger partial charge in [0, 0.05) is 11.3 Å². The Morgan fingerprint density at radius 2 is 1.54 bits per heavy atom. The second-order valence-electron chi connectivity index (χ2n) is 6.08. The number of para-hydroxylation sites is 1. The molecule has 0 heterocycles. The first-order valence-corrected chi connectivity index (χ1v) is 8.84. The number of rotatable bonds is 4. The molecule has 0 amide bonds. The number of benzene rings is 2. The van der Waals surface area contributed by atoms with Crippen molar-refractivity contribution >= 4 is 23.7 Å². The molecule has 0 saturated heterocycles. The quantitative estimate of drug-likeness (QED) is 0.461. The number of nitrogens with one attached hydrogen (secondary N) is 1. The molecule has 0 bridgehead atoms. The van der Waals surface area contributed by atoms with Gasteiger partial charge in [0.05, 0.1) is 11.3 Å². The topological polar surface area (TPSA) is 78.8 Å². The maximum absolute atomic E-state index is 11.0. The molecule has 3 rings (SSSR count). The third-order valence-electron chi connectivity index (χ3n) is 4.11. The molecule has 0 atom stereocenters. The van der Waals surface area contributed by atoms with Gasteiger partial charge in [-0.05, 0) is 37.8 Å². The van der Waals surface area contributed by atoms with Gasteiger partial charge in [0.25, 0.3) is 0 Å². The van der Waals surface area contributed by atoms with E-state index in [1.807, 2.05) is 24.3 Å². The molecule has 0 unspecified atom stereocenters. The van der Waals surface area contributed by atoms with E-state index in [9.17, 15) is 9.59 Å². The summed E-state index contributed by atoms with van der Waals surface area (Å²) in [6, 6.07) is 15.9. The smallest absolute Gasteiger partial charge is 0.337 e. The highest BCUT2D eigenvalue weighted by molar-refractivity contribution is 5.94. The molecule has 136 valence electrons. The molecule has 2 aromatic rings. The minimum absolute atomic E-state index is 0.260. The van der Waals surface area contributed by atoms with Crippen molar-refractivity contribution < 1.29 is 14.7 Å². The van der Waals surface area contributed by atoms with Gasteiger partial charge >= 0.3 is 5.97 Å². The van der Waals surface area contributed by atoms with E-state index in [4.69, 9.17) is 5.11 Å². The number of carboxylic acid groups (broad SMARTS) is 1. The van der Waals surface area contributed by atoms with E-state index in [2.05, 4.69) is 10.5 Å². The Labute approximate surface area is 153 Å². The second-order valence-corrected chi connectivity index (χ2v) is 6.08. The van der Waals surface area contributed by atoms with E-state index < -0.39 is 5.97 Å². The summed E-state index contributed by atoms with van der Waals surface area (Å²) >= 11 is 0. The zero-order chi connectivity index (χ0) is 18.6. The van der Waals surface area contributed by atoms with Crippen LogP contribution >= 0.6 is 0 Å². The molecule has 0 aromatic heterocycles. The minimum atomic E-state index is -0.931. The SMILES string of the molecule is O=C(O)c1ccccc1NN=C1CCCCCC1.O=Cc1ccccc1. The van der Waals surface area contributed by atoms with Gasteiger partial charge in [-0.25, -0.2) is 4.79 Å². The van der Waals surface area contributed by atoms with Gasteiger partial charge in [-0.15, -0.1) is 0 Å². The first-order valence-electron chi connectivity index (χ1n) is 8.84. The van der Waals surface area contributed by atoms with Crippen molar-refractivity contribution in [3.05, 3.63) is 65.7 Å². The van der Waals surface area contributed by atoms with Crippen LogP contribution in [0.3, 0.4) is 0 Å². The van der Waals surface area contributed by atoms with Gasteiger partial charge in [0.1, 0.15) is 6.29 Å². The molecule has 0 spiro atoms. The van der Waals surface area contributed by atoms with E-state index in [0.717, 1.165) is 30.4 Å². The maximum Gasteiger partial charge on any atom is 0.337 e. The van der Waals surface area contributed by atoms with Crippen molar-refractivity contribution in [1.82, 2.24) is 0 Å². The van der Waals surface area contributed by atoms with Crippen molar-refractivity contribution in [2.45, 2.75) is 38.5 Å². The minimum Gasteiger partial charge on any atom is -0.478 e. The van der Waals surface area contributed by atoms with Crippen LogP contribution in [0.15, 0.2) is 59.7 Å². The highest BCUT2D eigenvalue weighted by Crippen LogP contribution is 2.18. The molecule has 2 aromatic carbocycles. The summed E-state index contributed by atoms with van der Waals surface area (Å²) in [5, 5.41) is 13.4. The lowest BCUT2D eigenvalue weighted by Crippen LogP contribution is -2.05. The first kappa shape index (κ1) is 19.4. The molecule has 2 N–H and O–H groups in total. The summed E-state index contributed by atoms with van der Waals surface area (Å²) in [5.74, 6) is -0.931. The zero-order valence-corrected chi connectivity index (χ0v) is 14.7. The number of carbonyl (C=O) groups excluding carboxylic acids is 1. The lowest BCUT2D eigenvalue weighted by molar-refractivity contribution is 0.0697. The number of carboxylic acids is 1. The monoisotopic (exact) mass is 352 g/mol. The molecular formula is C21H24N2O3. The van der Waals surface area contributed by atoms with Gasteiger partial charge in [0.15, 0.2) is 0 Å². The highest BCUT2D eigenvalue weighted by Gasteiger charge is 2.09. The third-order valence-corrected chi connectivity index (χ3v) is 4.11. The van der Waals surface area contributed by atoms with Crippen LogP contribution in [0.2, 0.25) is 0 Å². The van der Waals surface area contributed by atoms with E-state index in [0.29, 0.717) is 5.69 Å². The van der Waals surface area contributed by atoms with E-state index in [-0.39, 0.29) is 5.56 Å². The molecule has 1 fully saturated rings. The van der Waals surface area contributed by atoms with Crippen molar-refractivity contribution in [1.29, 1.82) is 0 Å². The van der Waals surface area contributed by atoms with Crippen molar-refractivity contribution in [3.63, 3.8) is 0 Å². The lowest BCUT2D eigenvalue weighted by atomic mass is 10.2. The van der Waals surface area contributed by atoms with E-state index in [1.165, 1.54) is 25.7 Å². The summed E-state index contributed by atoms with van der Waals surface area (Å²) in [5.41, 5.74) is 5.59. The summed E-state index contributed by atoms with van der Waals surface area (Å²) in [6.45, 7) is 0. The summed E-state index contributed by atoms with van der Waals surface area (Å²) < 4.78 is 0. The zero-order valence-electron chi connectivity index (χ0n) is 14.7. The van der Waals surface area contributed by atoms with Gasteiger partial charge in [-0.3, -0.25) is 10.2 Å². The predicted molar refractivity (Wildman–Crippen MR) is 104 cm³/mol. The van der Waals surface area contributed by atoms with Crippen LogP contribution < -0.4 is 5.43 Å². The number of aromatic carboxylic acids is 1. The molecule has 5 heteroatoms. The fraction of sp³-hybridized carbons (Fsp3) is 0.286. The van der Waals surface area contributed by atoms with Crippen molar-refractivity contribution in [2.24, 2.45) is 5.10 Å². The van der Waals surface area contributed by atoms with Crippen LogP contribution in [0.25, 0.3) is 0 Å². The molecule has 5 nitrogen and oxygen atoms in total. The van der Waals surface area contributed by atoms with Crippen LogP contribution in [0, 0.1) is 0 Å². The number of aldehydes is 1. The summed E-state index contributed by atoms with van der Waals surface area (Å²) in [4.78, 5) is 21.0. The van der Waals surface area contributed by atoms with Crippen LogP contribution in [-0.4, -0.2) is 23.1 Å². The summed E-state index contributed by atoms with van der Waals surface area (Å²) in [6.07, 6.45) is 7.77. The highest BCUT2D eigenvalue weighted by atomic mass is 16.4. The second kappa shape index (κ2) is 10.8. The molecule has 0 aliphatic heterocycles. The molecule has 1 aliphatic rings. The fourth-order valence-electron chi connectivity index (χ4n) is 2.69. The normalized spacial score (nSPS) is 13.6. The molecule has 0 radical (unpaired) electrons. The summed E-state index contributed by atoms with van der Waals surface area (Å²) in [7, 11) is 0. The Morgan fingerprint density at radius 1 is 0.923 bits per heavy atom. The standard InChI is InChI=1S/C14H18N2O2.C7H6O/c17-14(18)12-9-5-6-10-13(12)16-15-11-7-3-1-2-4-8-11;8-6-7-4-2-1-3-5-7/h5-6,9-10,16H,1-4,7-8H2,(H,17,18);1-6H. The average Bonchev–Trinajstić information content (AvgIpc) is 2.96. The first-order chi connectivity index (χ1) is 12.7. The fourth-order valence-corrected chi connectivity index (χ4v) is 2.69. The van der Waals surface area contributed by atoms with Crippen LogP contribution in [0.5, 0.6) is 0 Å². The van der Waals surface area contributed by atoms with E-state index >= 15 is 0 Å². The average molecular weight is 352 g/mol. The Hall–Kier alpha value is -2.95. The van der Waals surface area contributed by atoms with Gasteiger partial charge in [-0.1, -0.05) is 55.3 Å². The maximum atomic E-state index is 11.0. The Morgan fingerprint density at radius 3 is 2.12 bits per heavy atom. The van der Waals surface area contributed by atoms with Gasteiger partial charge in [-0.2, -0.15) is 5.10 Å². The lowest BCUT2D eigenvalue weighted by Gasteiger charge is -2.07. The number of hydrazone groups is 1. The Bertz CT molecular complexity index is 732.